The summed E-state index contributed by atoms with van der Waals surface area (Å²) in [6.45, 7) is 5.61. The van der Waals surface area contributed by atoms with Crippen LogP contribution in [0.2, 0.25) is 0 Å². The highest BCUT2D eigenvalue weighted by Crippen LogP contribution is 2.17. The molecule has 0 bridgehead atoms. The van der Waals surface area contributed by atoms with E-state index in [1.165, 1.54) is 5.56 Å². The van der Waals surface area contributed by atoms with Gasteiger partial charge in [0, 0.05) is 39.4 Å². The van der Waals surface area contributed by atoms with Gasteiger partial charge in [0.15, 0.2) is 0 Å². The number of aryl methyl sites for hydroxylation is 2. The second-order valence-electron chi connectivity index (χ2n) is 5.26. The molecule has 0 aliphatic carbocycles. The molecule has 1 aliphatic rings. The van der Waals surface area contributed by atoms with Gasteiger partial charge in [-0.3, -0.25) is 9.48 Å². The van der Waals surface area contributed by atoms with Crippen molar-refractivity contribution in [2.75, 3.05) is 20.2 Å². The summed E-state index contributed by atoms with van der Waals surface area (Å²) in [4.78, 5) is 14.1. The van der Waals surface area contributed by atoms with Crippen LogP contribution < -0.4 is 0 Å². The molecule has 2 rings (SSSR count). The van der Waals surface area contributed by atoms with E-state index in [0.29, 0.717) is 6.42 Å². The quantitative estimate of drug-likeness (QED) is 0.822. The van der Waals surface area contributed by atoms with Gasteiger partial charge < -0.3 is 9.64 Å². The lowest BCUT2D eigenvalue weighted by atomic mass is 10.1. The summed E-state index contributed by atoms with van der Waals surface area (Å²) in [7, 11) is 3.65. The summed E-state index contributed by atoms with van der Waals surface area (Å²) in [5.74, 6) is 0.224. The maximum absolute atomic E-state index is 12.2. The van der Waals surface area contributed by atoms with Gasteiger partial charge in [0.05, 0.1) is 11.8 Å². The summed E-state index contributed by atoms with van der Waals surface area (Å²) >= 11 is 0. The molecule has 5 nitrogen and oxygen atoms in total. The zero-order valence-corrected chi connectivity index (χ0v) is 12.3. The van der Waals surface area contributed by atoms with Crippen LogP contribution in [-0.2, 0) is 23.0 Å². The smallest absolute Gasteiger partial charge is 0.222 e. The van der Waals surface area contributed by atoms with Crippen LogP contribution >= 0.6 is 0 Å². The second kappa shape index (κ2) is 5.74. The summed E-state index contributed by atoms with van der Waals surface area (Å²) in [5.41, 5.74) is 3.39. The van der Waals surface area contributed by atoms with Crippen molar-refractivity contribution in [3.63, 3.8) is 0 Å². The van der Waals surface area contributed by atoms with E-state index in [1.807, 2.05) is 23.6 Å². The van der Waals surface area contributed by atoms with E-state index < -0.39 is 0 Å². The SMILES string of the molecule is COC1CCN(C(=O)CCc2c(C)nn(C)c2C)C1. The van der Waals surface area contributed by atoms with E-state index >= 15 is 0 Å². The normalized spacial score (nSPS) is 19.2. The molecule has 1 unspecified atom stereocenters. The van der Waals surface area contributed by atoms with Crippen molar-refractivity contribution in [1.82, 2.24) is 14.7 Å². The van der Waals surface area contributed by atoms with Gasteiger partial charge >= 0.3 is 0 Å². The van der Waals surface area contributed by atoms with Crippen LogP contribution in [-0.4, -0.2) is 46.9 Å². The first kappa shape index (κ1) is 14.1. The van der Waals surface area contributed by atoms with Gasteiger partial charge in [-0.2, -0.15) is 5.10 Å². The van der Waals surface area contributed by atoms with E-state index in [1.54, 1.807) is 7.11 Å². The maximum Gasteiger partial charge on any atom is 0.222 e. The minimum Gasteiger partial charge on any atom is -0.380 e. The fourth-order valence-electron chi connectivity index (χ4n) is 2.72. The van der Waals surface area contributed by atoms with Crippen molar-refractivity contribution < 1.29 is 9.53 Å². The fraction of sp³-hybridized carbons (Fsp3) is 0.714. The average molecular weight is 265 g/mol. The standard InChI is InChI=1S/C14H23N3O2/c1-10-13(11(2)16(3)15-10)5-6-14(18)17-8-7-12(9-17)19-4/h12H,5-9H2,1-4H3. The van der Waals surface area contributed by atoms with E-state index in [4.69, 9.17) is 4.74 Å². The number of hydrogen-bond acceptors (Lipinski definition) is 3. The number of amides is 1. The number of likely N-dealkylation sites (tertiary alicyclic amines) is 1. The van der Waals surface area contributed by atoms with Gasteiger partial charge in [0.25, 0.3) is 0 Å². The Balaban J connectivity index is 1.90. The monoisotopic (exact) mass is 265 g/mol. The van der Waals surface area contributed by atoms with Crippen LogP contribution in [0.25, 0.3) is 0 Å². The molecule has 19 heavy (non-hydrogen) atoms. The lowest BCUT2D eigenvalue weighted by molar-refractivity contribution is -0.130. The zero-order valence-electron chi connectivity index (χ0n) is 12.3. The lowest BCUT2D eigenvalue weighted by Gasteiger charge is -2.16. The molecule has 1 atom stereocenters. The predicted octanol–water partition coefficient (Wildman–Crippen LogP) is 1.22. The minimum atomic E-state index is 0.214. The molecule has 1 aliphatic heterocycles. The first-order chi connectivity index (χ1) is 9.02. The van der Waals surface area contributed by atoms with Crippen molar-refractivity contribution in [1.29, 1.82) is 0 Å². The zero-order chi connectivity index (χ0) is 14.0. The Bertz CT molecular complexity index is 468. The molecule has 0 spiro atoms. The van der Waals surface area contributed by atoms with Crippen LogP contribution in [0.1, 0.15) is 29.8 Å². The molecule has 0 radical (unpaired) electrons. The number of hydrogen-bond donors (Lipinski definition) is 0. The fourth-order valence-corrected chi connectivity index (χ4v) is 2.72. The summed E-state index contributed by atoms with van der Waals surface area (Å²) in [6, 6.07) is 0. The molecule has 0 saturated carbocycles. The van der Waals surface area contributed by atoms with Gasteiger partial charge in [0.1, 0.15) is 0 Å². The minimum absolute atomic E-state index is 0.214. The number of methoxy groups -OCH3 is 1. The topological polar surface area (TPSA) is 47.4 Å². The van der Waals surface area contributed by atoms with Crippen LogP contribution in [0.4, 0.5) is 0 Å². The van der Waals surface area contributed by atoms with E-state index in [0.717, 1.165) is 37.3 Å². The van der Waals surface area contributed by atoms with Crippen molar-refractivity contribution >= 4 is 5.91 Å². The Labute approximate surface area is 114 Å². The number of aromatic nitrogens is 2. The van der Waals surface area contributed by atoms with Crippen LogP contribution in [0.5, 0.6) is 0 Å². The third kappa shape index (κ3) is 2.97. The van der Waals surface area contributed by atoms with Gasteiger partial charge in [-0.25, -0.2) is 0 Å². The largest absolute Gasteiger partial charge is 0.380 e. The number of carbonyl (C=O) groups is 1. The van der Waals surface area contributed by atoms with Gasteiger partial charge in [-0.15, -0.1) is 0 Å². The summed E-state index contributed by atoms with van der Waals surface area (Å²) in [6.07, 6.45) is 2.50. The molecule has 2 heterocycles. The molecule has 1 amide bonds. The number of nitrogens with zero attached hydrogens (tertiary/aromatic N) is 3. The molecule has 0 N–H and O–H groups in total. The third-order valence-electron chi connectivity index (χ3n) is 4.08. The molecule has 1 fully saturated rings. The van der Waals surface area contributed by atoms with E-state index in [-0.39, 0.29) is 12.0 Å². The molecule has 106 valence electrons. The predicted molar refractivity (Wildman–Crippen MR) is 73.0 cm³/mol. The van der Waals surface area contributed by atoms with Gasteiger partial charge in [0.2, 0.25) is 5.91 Å². The second-order valence-corrected chi connectivity index (χ2v) is 5.26. The average Bonchev–Trinajstić information content (AvgIpc) is 2.94. The Morgan fingerprint density at radius 1 is 1.47 bits per heavy atom. The Hall–Kier alpha value is -1.36. The highest BCUT2D eigenvalue weighted by molar-refractivity contribution is 5.76. The third-order valence-corrected chi connectivity index (χ3v) is 4.08. The van der Waals surface area contributed by atoms with Gasteiger partial charge in [-0.05, 0) is 32.3 Å². The number of ether oxygens (including phenoxy) is 1. The maximum atomic E-state index is 12.2. The number of rotatable bonds is 4. The Morgan fingerprint density at radius 2 is 2.21 bits per heavy atom. The molecule has 1 saturated heterocycles. The molecular formula is C14H23N3O2. The molecular weight excluding hydrogens is 242 g/mol. The highest BCUT2D eigenvalue weighted by Gasteiger charge is 2.25. The first-order valence-corrected chi connectivity index (χ1v) is 6.82. The van der Waals surface area contributed by atoms with Crippen LogP contribution in [0, 0.1) is 13.8 Å². The highest BCUT2D eigenvalue weighted by atomic mass is 16.5. The van der Waals surface area contributed by atoms with Crippen LogP contribution in [0.15, 0.2) is 0 Å². The van der Waals surface area contributed by atoms with Crippen LogP contribution in [0.3, 0.4) is 0 Å². The molecule has 1 aromatic rings. The molecule has 0 aromatic carbocycles. The van der Waals surface area contributed by atoms with Crippen molar-refractivity contribution in [2.24, 2.45) is 7.05 Å². The van der Waals surface area contributed by atoms with Crippen molar-refractivity contribution in [3.05, 3.63) is 17.0 Å². The molecule has 1 aromatic heterocycles. The molecule has 5 heteroatoms. The Morgan fingerprint density at radius 3 is 2.74 bits per heavy atom. The van der Waals surface area contributed by atoms with Crippen molar-refractivity contribution in [3.8, 4) is 0 Å². The van der Waals surface area contributed by atoms with E-state index in [9.17, 15) is 4.79 Å². The summed E-state index contributed by atoms with van der Waals surface area (Å²) < 4.78 is 7.17. The van der Waals surface area contributed by atoms with E-state index in [2.05, 4.69) is 12.0 Å². The van der Waals surface area contributed by atoms with Gasteiger partial charge in [-0.1, -0.05) is 0 Å². The Kier molecular flexibility index (Phi) is 4.24. The number of carbonyl (C=O) groups excluding carboxylic acids is 1. The van der Waals surface area contributed by atoms with Crippen molar-refractivity contribution in [2.45, 2.75) is 39.2 Å². The first-order valence-electron chi connectivity index (χ1n) is 6.82. The summed E-state index contributed by atoms with van der Waals surface area (Å²) in [5, 5.41) is 4.38. The lowest BCUT2D eigenvalue weighted by Crippen LogP contribution is -2.30.